The van der Waals surface area contributed by atoms with Gasteiger partial charge in [-0.3, -0.25) is 0 Å². The van der Waals surface area contributed by atoms with E-state index in [2.05, 4.69) is 18.2 Å². The molecule has 92 valence electrons. The molecular formula is C16H16O2. The summed E-state index contributed by atoms with van der Waals surface area (Å²) in [6.45, 7) is 0. The Bertz CT molecular complexity index is 530. The molecule has 18 heavy (non-hydrogen) atoms. The molecule has 0 aromatic heterocycles. The molecule has 2 heteroatoms. The van der Waals surface area contributed by atoms with Gasteiger partial charge in [0, 0.05) is 5.56 Å². The van der Waals surface area contributed by atoms with Gasteiger partial charge in [-0.05, 0) is 23.8 Å². The topological polar surface area (TPSA) is 18.5 Å². The zero-order valence-electron chi connectivity index (χ0n) is 10.6. The SMILES string of the molecule is COc1ccc(OC)c(C=Cc2ccccc2)c1. The molecule has 0 unspecified atom stereocenters. The largest absolute Gasteiger partial charge is 0.497 e. The highest BCUT2D eigenvalue weighted by atomic mass is 16.5. The second kappa shape index (κ2) is 5.92. The first-order chi connectivity index (χ1) is 8.83. The molecule has 0 saturated carbocycles. The average Bonchev–Trinajstić information content (AvgIpc) is 2.45. The van der Waals surface area contributed by atoms with Gasteiger partial charge in [-0.2, -0.15) is 0 Å². The molecule has 2 aromatic rings. The van der Waals surface area contributed by atoms with E-state index in [0.717, 1.165) is 22.6 Å². The van der Waals surface area contributed by atoms with Gasteiger partial charge in [0.1, 0.15) is 11.5 Å². The quantitative estimate of drug-likeness (QED) is 0.755. The fourth-order valence-electron chi connectivity index (χ4n) is 1.72. The van der Waals surface area contributed by atoms with Crippen LogP contribution in [0, 0.1) is 0 Å². The summed E-state index contributed by atoms with van der Waals surface area (Å²) in [4.78, 5) is 0. The van der Waals surface area contributed by atoms with Gasteiger partial charge < -0.3 is 9.47 Å². The monoisotopic (exact) mass is 240 g/mol. The Hall–Kier alpha value is -2.22. The molecule has 0 heterocycles. The maximum atomic E-state index is 5.33. The molecule has 0 atom stereocenters. The summed E-state index contributed by atoms with van der Waals surface area (Å²) in [6.07, 6.45) is 4.08. The third kappa shape index (κ3) is 2.92. The molecule has 0 fully saturated rings. The van der Waals surface area contributed by atoms with E-state index in [4.69, 9.17) is 9.47 Å². The van der Waals surface area contributed by atoms with E-state index in [1.54, 1.807) is 14.2 Å². The molecule has 0 saturated heterocycles. The lowest BCUT2D eigenvalue weighted by Crippen LogP contribution is -1.89. The zero-order valence-corrected chi connectivity index (χ0v) is 10.6. The molecule has 0 aliphatic rings. The van der Waals surface area contributed by atoms with Gasteiger partial charge in [0.15, 0.2) is 0 Å². The van der Waals surface area contributed by atoms with Gasteiger partial charge >= 0.3 is 0 Å². The summed E-state index contributed by atoms with van der Waals surface area (Å²) in [5.74, 6) is 1.66. The van der Waals surface area contributed by atoms with Crippen molar-refractivity contribution in [2.75, 3.05) is 14.2 Å². The second-order valence-electron chi connectivity index (χ2n) is 3.85. The Morgan fingerprint density at radius 1 is 0.833 bits per heavy atom. The Labute approximate surface area is 107 Å². The summed E-state index contributed by atoms with van der Waals surface area (Å²) in [5.41, 5.74) is 2.16. The van der Waals surface area contributed by atoms with Gasteiger partial charge in [-0.1, -0.05) is 42.5 Å². The predicted molar refractivity (Wildman–Crippen MR) is 74.9 cm³/mol. The molecule has 2 aromatic carbocycles. The van der Waals surface area contributed by atoms with Crippen LogP contribution in [-0.2, 0) is 0 Å². The van der Waals surface area contributed by atoms with Crippen LogP contribution in [0.15, 0.2) is 48.5 Å². The van der Waals surface area contributed by atoms with Crippen LogP contribution < -0.4 is 9.47 Å². The Morgan fingerprint density at radius 2 is 1.61 bits per heavy atom. The standard InChI is InChI=1S/C16H16O2/c1-17-15-10-11-16(18-2)14(12-15)9-8-13-6-4-3-5-7-13/h3-12H,1-2H3. The number of rotatable bonds is 4. The lowest BCUT2D eigenvalue weighted by Gasteiger charge is -2.07. The second-order valence-corrected chi connectivity index (χ2v) is 3.85. The van der Waals surface area contributed by atoms with Gasteiger partial charge in [0.05, 0.1) is 14.2 Å². The van der Waals surface area contributed by atoms with Crippen molar-refractivity contribution in [2.45, 2.75) is 0 Å². The summed E-state index contributed by atoms with van der Waals surface area (Å²) >= 11 is 0. The van der Waals surface area contributed by atoms with Crippen LogP contribution in [0.4, 0.5) is 0 Å². The lowest BCUT2D eigenvalue weighted by atomic mass is 10.1. The minimum Gasteiger partial charge on any atom is -0.497 e. The molecule has 0 N–H and O–H groups in total. The van der Waals surface area contributed by atoms with E-state index >= 15 is 0 Å². The zero-order chi connectivity index (χ0) is 12.8. The number of benzene rings is 2. The Kier molecular flexibility index (Phi) is 4.02. The van der Waals surface area contributed by atoms with Crippen LogP contribution >= 0.6 is 0 Å². The molecule has 2 nitrogen and oxygen atoms in total. The van der Waals surface area contributed by atoms with Crippen LogP contribution in [-0.4, -0.2) is 14.2 Å². The molecule has 0 bridgehead atoms. The van der Waals surface area contributed by atoms with Gasteiger partial charge in [0.2, 0.25) is 0 Å². The molecular weight excluding hydrogens is 224 g/mol. The van der Waals surface area contributed by atoms with E-state index in [0.29, 0.717) is 0 Å². The number of ether oxygens (including phenoxy) is 2. The minimum absolute atomic E-state index is 0.823. The summed E-state index contributed by atoms with van der Waals surface area (Å²) < 4.78 is 10.5. The van der Waals surface area contributed by atoms with Crippen LogP contribution in [0.25, 0.3) is 12.2 Å². The minimum atomic E-state index is 0.823. The van der Waals surface area contributed by atoms with E-state index in [1.807, 2.05) is 42.5 Å². The lowest BCUT2D eigenvalue weighted by molar-refractivity contribution is 0.402. The van der Waals surface area contributed by atoms with Crippen molar-refractivity contribution in [1.82, 2.24) is 0 Å². The third-order valence-corrected chi connectivity index (χ3v) is 2.69. The summed E-state index contributed by atoms with van der Waals surface area (Å²) in [7, 11) is 3.33. The van der Waals surface area contributed by atoms with Crippen molar-refractivity contribution < 1.29 is 9.47 Å². The number of hydrogen-bond acceptors (Lipinski definition) is 2. The maximum absolute atomic E-state index is 5.33. The molecule has 0 amide bonds. The molecule has 0 aliphatic heterocycles. The molecule has 0 aliphatic carbocycles. The number of methoxy groups -OCH3 is 2. The maximum Gasteiger partial charge on any atom is 0.126 e. The van der Waals surface area contributed by atoms with Gasteiger partial charge in [0.25, 0.3) is 0 Å². The average molecular weight is 240 g/mol. The van der Waals surface area contributed by atoms with Gasteiger partial charge in [-0.15, -0.1) is 0 Å². The van der Waals surface area contributed by atoms with Crippen LogP contribution in [0.1, 0.15) is 11.1 Å². The van der Waals surface area contributed by atoms with Crippen LogP contribution in [0.3, 0.4) is 0 Å². The van der Waals surface area contributed by atoms with Crippen molar-refractivity contribution >= 4 is 12.2 Å². The highest BCUT2D eigenvalue weighted by Gasteiger charge is 2.01. The fraction of sp³-hybridized carbons (Fsp3) is 0.125. The van der Waals surface area contributed by atoms with Crippen LogP contribution in [0.2, 0.25) is 0 Å². The molecule has 0 spiro atoms. The van der Waals surface area contributed by atoms with Crippen molar-refractivity contribution in [3.63, 3.8) is 0 Å². The molecule has 2 rings (SSSR count). The highest BCUT2D eigenvalue weighted by molar-refractivity contribution is 5.73. The Morgan fingerprint density at radius 3 is 2.28 bits per heavy atom. The van der Waals surface area contributed by atoms with Crippen molar-refractivity contribution in [3.8, 4) is 11.5 Å². The Balaban J connectivity index is 2.30. The highest BCUT2D eigenvalue weighted by Crippen LogP contribution is 2.25. The first-order valence-corrected chi connectivity index (χ1v) is 5.78. The van der Waals surface area contributed by atoms with E-state index in [-0.39, 0.29) is 0 Å². The predicted octanol–water partition coefficient (Wildman–Crippen LogP) is 3.87. The van der Waals surface area contributed by atoms with Crippen molar-refractivity contribution in [2.24, 2.45) is 0 Å². The smallest absolute Gasteiger partial charge is 0.126 e. The fourth-order valence-corrected chi connectivity index (χ4v) is 1.72. The summed E-state index contributed by atoms with van der Waals surface area (Å²) in [5, 5.41) is 0. The van der Waals surface area contributed by atoms with E-state index < -0.39 is 0 Å². The first kappa shape index (κ1) is 12.2. The first-order valence-electron chi connectivity index (χ1n) is 5.78. The van der Waals surface area contributed by atoms with Crippen molar-refractivity contribution in [3.05, 3.63) is 59.7 Å². The third-order valence-electron chi connectivity index (χ3n) is 2.69. The van der Waals surface area contributed by atoms with Crippen molar-refractivity contribution in [1.29, 1.82) is 0 Å². The summed E-state index contributed by atoms with van der Waals surface area (Å²) in [6, 6.07) is 15.9. The molecule has 0 radical (unpaired) electrons. The normalized spacial score (nSPS) is 10.6. The van der Waals surface area contributed by atoms with E-state index in [9.17, 15) is 0 Å². The van der Waals surface area contributed by atoms with Crippen LogP contribution in [0.5, 0.6) is 11.5 Å². The van der Waals surface area contributed by atoms with E-state index in [1.165, 1.54) is 0 Å². The van der Waals surface area contributed by atoms with Gasteiger partial charge in [-0.25, -0.2) is 0 Å². The number of hydrogen-bond donors (Lipinski definition) is 0.